The van der Waals surface area contributed by atoms with Gasteiger partial charge in [0.05, 0.1) is 24.0 Å². The van der Waals surface area contributed by atoms with Crippen molar-refractivity contribution in [1.29, 1.82) is 0 Å². The summed E-state index contributed by atoms with van der Waals surface area (Å²) in [5.41, 5.74) is 5.76. The Hall–Kier alpha value is -3.77. The smallest absolute Gasteiger partial charge is 0.248 e. The van der Waals surface area contributed by atoms with Crippen LogP contribution in [0.1, 0.15) is 80.3 Å². The van der Waals surface area contributed by atoms with Crippen LogP contribution in [0.2, 0.25) is 10.2 Å². The largest absolute Gasteiger partial charge is 0.495 e. The lowest BCUT2D eigenvalue weighted by atomic mass is 9.62. The summed E-state index contributed by atoms with van der Waals surface area (Å²) in [7, 11) is 1.47. The zero-order chi connectivity index (χ0) is 36.4. The number of primary amides is 1. The van der Waals surface area contributed by atoms with E-state index < -0.39 is 41.3 Å². The molecule has 13 heteroatoms. The molecule has 3 aromatic rings. The minimum atomic E-state index is -1.44. The number of fused-ring (bicyclic) bond motifs is 3. The van der Waals surface area contributed by atoms with Crippen LogP contribution in [0.4, 0.5) is 15.8 Å². The van der Waals surface area contributed by atoms with E-state index in [-0.39, 0.29) is 38.5 Å². The predicted octanol–water partition coefficient (Wildman–Crippen LogP) is 6.68. The Bertz CT molecular complexity index is 1900. The van der Waals surface area contributed by atoms with Crippen molar-refractivity contribution in [3.05, 3.63) is 81.3 Å². The molecule has 270 valence electrons. The number of aromatic nitrogens is 1. The lowest BCUT2D eigenvalue weighted by molar-refractivity contribution is -0.123. The van der Waals surface area contributed by atoms with Crippen molar-refractivity contribution in [2.45, 2.75) is 82.5 Å². The van der Waals surface area contributed by atoms with Crippen LogP contribution in [0.25, 0.3) is 0 Å². The maximum Gasteiger partial charge on any atom is 0.248 e. The van der Waals surface area contributed by atoms with Crippen LogP contribution in [0, 0.1) is 17.2 Å². The number of methoxy groups -OCH3 is 1. The first-order chi connectivity index (χ1) is 24.3. The molecule has 0 bridgehead atoms. The van der Waals surface area contributed by atoms with Crippen LogP contribution >= 0.6 is 23.2 Å². The zero-order valence-electron chi connectivity index (χ0n) is 29.0. The average molecular weight is 739 g/mol. The van der Waals surface area contributed by atoms with Crippen LogP contribution in [0.3, 0.4) is 0 Å². The van der Waals surface area contributed by atoms with Gasteiger partial charge in [-0.3, -0.25) is 24.2 Å². The molecule has 5 atom stereocenters. The fourth-order valence-corrected chi connectivity index (χ4v) is 9.36. The average Bonchev–Trinajstić information content (AvgIpc) is 3.65. The second-order valence-corrected chi connectivity index (χ2v) is 16.0. The number of nitrogens with two attached hydrogens (primary N) is 1. The van der Waals surface area contributed by atoms with Crippen molar-refractivity contribution in [2.24, 2.45) is 17.1 Å². The number of halogens is 3. The molecule has 0 aliphatic carbocycles. The van der Waals surface area contributed by atoms with E-state index in [1.54, 1.807) is 41.4 Å². The summed E-state index contributed by atoms with van der Waals surface area (Å²) < 4.78 is 28.0. The van der Waals surface area contributed by atoms with Crippen LogP contribution in [0.5, 0.6) is 5.75 Å². The van der Waals surface area contributed by atoms with Crippen molar-refractivity contribution in [2.75, 3.05) is 30.5 Å². The van der Waals surface area contributed by atoms with E-state index in [0.29, 0.717) is 54.7 Å². The summed E-state index contributed by atoms with van der Waals surface area (Å²) in [5, 5.41) is 3.14. The number of nitrogens with one attached hydrogen (secondary N) is 1. The molecule has 4 aliphatic heterocycles. The van der Waals surface area contributed by atoms with Gasteiger partial charge in [-0.05, 0) is 79.3 Å². The summed E-state index contributed by atoms with van der Waals surface area (Å²) in [4.78, 5) is 50.8. The lowest BCUT2D eigenvalue weighted by Gasteiger charge is -2.43. The summed E-state index contributed by atoms with van der Waals surface area (Å²) in [6, 6.07) is 9.53. The zero-order valence-corrected chi connectivity index (χ0v) is 30.6. The molecule has 7 rings (SSSR count). The number of carbonyl (C=O) groups excluding carboxylic acids is 3. The highest BCUT2D eigenvalue weighted by molar-refractivity contribution is 6.31. The van der Waals surface area contributed by atoms with Crippen LogP contribution in [-0.4, -0.2) is 66.2 Å². The minimum Gasteiger partial charge on any atom is -0.495 e. The Balaban J connectivity index is 1.49. The van der Waals surface area contributed by atoms with Gasteiger partial charge in [-0.15, -0.1) is 0 Å². The standard InChI is InChI=1S/C38H42Cl2FN5O5/c1-37(2,3)18-28-38(23-19-43-29(40)17-25(23)44-36(38)49)31(22-6-5-7-24(39)32(22)41)33-35(48)45(26-10-9-21(34(42)47)16-27(26)50-4)30(46(28)33)11-8-20-12-14-51-15-13-20/h5-7,9-10,16-17,19-20,28,30-31,33H,8,11-15,18H2,1-4H3,(H2,42,47)(H,44,49)/t28-,30+,31-,33+,38+/m0/s1. The first kappa shape index (κ1) is 35.6. The second kappa shape index (κ2) is 13.3. The number of pyridine rings is 1. The molecule has 1 spiro atoms. The van der Waals surface area contributed by atoms with Crippen molar-refractivity contribution in [3.63, 3.8) is 0 Å². The molecular formula is C38H42Cl2FN5O5. The fourth-order valence-electron chi connectivity index (χ4n) is 9.02. The van der Waals surface area contributed by atoms with Gasteiger partial charge >= 0.3 is 0 Å². The number of anilines is 2. The Morgan fingerprint density at radius 3 is 2.57 bits per heavy atom. The molecule has 2 aromatic carbocycles. The summed E-state index contributed by atoms with van der Waals surface area (Å²) in [6.45, 7) is 7.62. The molecule has 3 saturated heterocycles. The Labute approximate surface area is 306 Å². The Morgan fingerprint density at radius 1 is 1.14 bits per heavy atom. The highest BCUT2D eigenvalue weighted by Crippen LogP contribution is 2.63. The van der Waals surface area contributed by atoms with Gasteiger partial charge in [0, 0.05) is 48.2 Å². The van der Waals surface area contributed by atoms with Gasteiger partial charge in [0.2, 0.25) is 17.7 Å². The molecule has 5 heterocycles. The van der Waals surface area contributed by atoms with Crippen LogP contribution in [-0.2, 0) is 19.7 Å². The Kier molecular flexibility index (Phi) is 9.31. The number of hydrogen-bond acceptors (Lipinski definition) is 7. The molecule has 3 amide bonds. The van der Waals surface area contributed by atoms with Gasteiger partial charge < -0.3 is 20.5 Å². The first-order valence-corrected chi connectivity index (χ1v) is 18.1. The van der Waals surface area contributed by atoms with Crippen molar-refractivity contribution in [3.8, 4) is 5.75 Å². The molecule has 3 fully saturated rings. The second-order valence-electron chi connectivity index (χ2n) is 15.2. The number of ether oxygens (including phenoxy) is 2. The minimum absolute atomic E-state index is 0.108. The fraction of sp³-hybridized carbons (Fsp3) is 0.474. The van der Waals surface area contributed by atoms with Crippen molar-refractivity contribution >= 4 is 52.3 Å². The van der Waals surface area contributed by atoms with E-state index in [4.69, 9.17) is 38.4 Å². The van der Waals surface area contributed by atoms with E-state index >= 15 is 9.18 Å². The van der Waals surface area contributed by atoms with Gasteiger partial charge in [0.1, 0.15) is 28.2 Å². The molecule has 4 aliphatic rings. The number of amides is 3. The lowest BCUT2D eigenvalue weighted by Crippen LogP contribution is -2.55. The maximum absolute atomic E-state index is 16.5. The number of benzene rings is 2. The van der Waals surface area contributed by atoms with E-state index in [2.05, 4.69) is 36.0 Å². The number of hydrogen-bond donors (Lipinski definition) is 2. The third-order valence-corrected chi connectivity index (χ3v) is 11.6. The topological polar surface area (TPSA) is 127 Å². The van der Waals surface area contributed by atoms with E-state index in [1.807, 2.05) is 0 Å². The van der Waals surface area contributed by atoms with Crippen molar-refractivity contribution in [1.82, 2.24) is 9.88 Å². The van der Waals surface area contributed by atoms with Crippen molar-refractivity contribution < 1.29 is 28.2 Å². The monoisotopic (exact) mass is 737 g/mol. The SMILES string of the molecule is COc1cc(C(N)=O)ccc1N1C(=O)[C@H]2[C@H](c3cccc(Cl)c3F)[C@]3(C(=O)Nc4cc(Cl)ncc43)[C@H](CC(C)(C)C)N2[C@@H]1CCC1CCOCC1. The normalized spacial score (nSPS) is 26.5. The molecule has 51 heavy (non-hydrogen) atoms. The molecule has 0 saturated carbocycles. The van der Waals surface area contributed by atoms with E-state index in [0.717, 1.165) is 19.3 Å². The summed E-state index contributed by atoms with van der Waals surface area (Å²) >= 11 is 12.8. The number of nitrogens with zero attached hydrogens (tertiary/aromatic N) is 3. The number of rotatable bonds is 8. The number of carbonyl (C=O) groups is 3. The quantitative estimate of drug-likeness (QED) is 0.247. The van der Waals surface area contributed by atoms with Crippen LogP contribution < -0.4 is 20.7 Å². The maximum atomic E-state index is 16.5. The summed E-state index contributed by atoms with van der Waals surface area (Å²) in [5.74, 6) is -2.32. The van der Waals surface area contributed by atoms with E-state index in [9.17, 15) is 9.59 Å². The third-order valence-electron chi connectivity index (χ3n) is 11.1. The highest BCUT2D eigenvalue weighted by Gasteiger charge is 2.73. The summed E-state index contributed by atoms with van der Waals surface area (Å²) in [6.07, 6.45) is 4.64. The van der Waals surface area contributed by atoms with E-state index in [1.165, 1.54) is 19.2 Å². The molecule has 10 nitrogen and oxygen atoms in total. The van der Waals surface area contributed by atoms with Crippen LogP contribution in [0.15, 0.2) is 48.7 Å². The highest BCUT2D eigenvalue weighted by atomic mass is 35.5. The molecule has 3 N–H and O–H groups in total. The molecule has 0 unspecified atom stereocenters. The van der Waals surface area contributed by atoms with Gasteiger partial charge in [0.15, 0.2) is 0 Å². The van der Waals surface area contributed by atoms with Gasteiger partial charge in [-0.2, -0.15) is 0 Å². The van der Waals surface area contributed by atoms with Gasteiger partial charge in [-0.25, -0.2) is 9.37 Å². The molecule has 0 radical (unpaired) electrons. The molecule has 1 aromatic heterocycles. The third kappa shape index (κ3) is 5.86. The Morgan fingerprint density at radius 2 is 1.88 bits per heavy atom. The van der Waals surface area contributed by atoms with Gasteiger partial charge in [0.25, 0.3) is 0 Å². The first-order valence-electron chi connectivity index (χ1n) is 17.4. The van der Waals surface area contributed by atoms with Gasteiger partial charge in [-0.1, -0.05) is 56.1 Å². The predicted molar refractivity (Wildman–Crippen MR) is 193 cm³/mol. The molecular weight excluding hydrogens is 696 g/mol.